The van der Waals surface area contributed by atoms with E-state index in [0.29, 0.717) is 29.5 Å². The molecule has 9 nitrogen and oxygen atoms in total. The molecule has 3 atom stereocenters. The third-order valence-corrected chi connectivity index (χ3v) is 6.90. The van der Waals surface area contributed by atoms with Crippen LogP contribution in [0.4, 0.5) is 0 Å². The minimum Gasteiger partial charge on any atom is -0.499 e. The van der Waals surface area contributed by atoms with E-state index < -0.39 is 30.1 Å². The fraction of sp³-hybridized carbons (Fsp3) is 0.379. The number of aliphatic hydroxyl groups is 2. The van der Waals surface area contributed by atoms with E-state index >= 15 is 0 Å². The zero-order chi connectivity index (χ0) is 26.5. The SMILES string of the molecule is O=C(NCCO)C1=CC2OC3(Cc4ccccc4C3)OC2C(OC(=O)c2ccccc2C=COCCO)C1. The number of amides is 1. The molecule has 1 spiro atoms. The lowest BCUT2D eigenvalue weighted by Gasteiger charge is -2.30. The van der Waals surface area contributed by atoms with E-state index in [9.17, 15) is 9.59 Å². The maximum atomic E-state index is 13.4. The second-order valence-corrected chi connectivity index (χ2v) is 9.50. The molecule has 2 aliphatic carbocycles. The molecular formula is C29H31NO8. The zero-order valence-corrected chi connectivity index (χ0v) is 20.9. The van der Waals surface area contributed by atoms with Crippen molar-refractivity contribution in [2.45, 2.75) is 43.4 Å². The number of hydrogen-bond donors (Lipinski definition) is 3. The summed E-state index contributed by atoms with van der Waals surface area (Å²) in [4.78, 5) is 26.2. The van der Waals surface area contributed by atoms with Gasteiger partial charge in [0.15, 0.2) is 5.79 Å². The summed E-state index contributed by atoms with van der Waals surface area (Å²) in [5, 5.41) is 20.7. The fourth-order valence-corrected chi connectivity index (χ4v) is 5.22. The monoisotopic (exact) mass is 521 g/mol. The Morgan fingerprint density at radius 1 is 1.03 bits per heavy atom. The molecule has 5 rings (SSSR count). The summed E-state index contributed by atoms with van der Waals surface area (Å²) in [6.45, 7) is -0.0422. The molecule has 1 heterocycles. The zero-order valence-electron chi connectivity index (χ0n) is 20.9. The number of ether oxygens (including phenoxy) is 4. The van der Waals surface area contributed by atoms with Crippen molar-refractivity contribution in [1.82, 2.24) is 5.32 Å². The van der Waals surface area contributed by atoms with E-state index in [1.165, 1.54) is 6.26 Å². The molecule has 1 aliphatic heterocycles. The van der Waals surface area contributed by atoms with Crippen molar-refractivity contribution in [2.75, 3.05) is 26.4 Å². The number of nitrogens with one attached hydrogen (secondary N) is 1. The van der Waals surface area contributed by atoms with E-state index in [4.69, 9.17) is 29.2 Å². The van der Waals surface area contributed by atoms with Crippen molar-refractivity contribution >= 4 is 18.0 Å². The van der Waals surface area contributed by atoms with Gasteiger partial charge in [-0.25, -0.2) is 4.79 Å². The van der Waals surface area contributed by atoms with Gasteiger partial charge in [0.05, 0.1) is 25.0 Å². The highest BCUT2D eigenvalue weighted by atomic mass is 16.8. The van der Waals surface area contributed by atoms with Gasteiger partial charge in [0.1, 0.15) is 24.9 Å². The topological polar surface area (TPSA) is 124 Å². The smallest absolute Gasteiger partial charge is 0.339 e. The van der Waals surface area contributed by atoms with Gasteiger partial charge in [-0.1, -0.05) is 42.5 Å². The van der Waals surface area contributed by atoms with Crippen molar-refractivity contribution in [3.05, 3.63) is 88.7 Å². The molecule has 3 unspecified atom stereocenters. The maximum absolute atomic E-state index is 13.4. The van der Waals surface area contributed by atoms with Crippen LogP contribution in [0.3, 0.4) is 0 Å². The van der Waals surface area contributed by atoms with Crippen LogP contribution in [0.1, 0.15) is 33.5 Å². The summed E-state index contributed by atoms with van der Waals surface area (Å²) in [5.41, 5.74) is 3.63. The van der Waals surface area contributed by atoms with Gasteiger partial charge in [-0.3, -0.25) is 4.79 Å². The van der Waals surface area contributed by atoms with Crippen molar-refractivity contribution in [3.63, 3.8) is 0 Å². The number of hydrogen-bond acceptors (Lipinski definition) is 8. The quantitative estimate of drug-likeness (QED) is 0.260. The lowest BCUT2D eigenvalue weighted by molar-refractivity contribution is -0.172. The average molecular weight is 522 g/mol. The van der Waals surface area contributed by atoms with Crippen LogP contribution in [0.2, 0.25) is 0 Å². The number of fused-ring (bicyclic) bond motifs is 2. The third kappa shape index (κ3) is 5.51. The molecule has 2 aromatic carbocycles. The predicted octanol–water partition coefficient (Wildman–Crippen LogP) is 1.91. The molecule has 0 aromatic heterocycles. The molecule has 0 bridgehead atoms. The van der Waals surface area contributed by atoms with Gasteiger partial charge in [0, 0.05) is 31.4 Å². The van der Waals surface area contributed by atoms with Gasteiger partial charge < -0.3 is 34.5 Å². The van der Waals surface area contributed by atoms with E-state index in [0.717, 1.165) is 11.1 Å². The Morgan fingerprint density at radius 2 is 1.76 bits per heavy atom. The van der Waals surface area contributed by atoms with Crippen LogP contribution in [-0.4, -0.2) is 72.6 Å². The number of esters is 1. The largest absolute Gasteiger partial charge is 0.499 e. The molecule has 200 valence electrons. The Hall–Kier alpha value is -3.50. The number of carbonyl (C=O) groups excluding carboxylic acids is 2. The highest BCUT2D eigenvalue weighted by molar-refractivity contribution is 5.95. The molecular weight excluding hydrogens is 490 g/mol. The summed E-state index contributed by atoms with van der Waals surface area (Å²) in [6.07, 6.45) is 4.15. The van der Waals surface area contributed by atoms with Crippen molar-refractivity contribution in [2.24, 2.45) is 0 Å². The van der Waals surface area contributed by atoms with Gasteiger partial charge in [-0.2, -0.15) is 0 Å². The van der Waals surface area contributed by atoms with Gasteiger partial charge >= 0.3 is 5.97 Å². The van der Waals surface area contributed by atoms with Crippen molar-refractivity contribution in [3.8, 4) is 0 Å². The minimum atomic E-state index is -0.887. The first kappa shape index (κ1) is 26.1. The van der Waals surface area contributed by atoms with Gasteiger partial charge in [-0.05, 0) is 34.9 Å². The summed E-state index contributed by atoms with van der Waals surface area (Å²) in [6, 6.07) is 15.0. The van der Waals surface area contributed by atoms with Gasteiger partial charge in [0.2, 0.25) is 5.91 Å². The Bertz CT molecular complexity index is 1210. The Morgan fingerprint density at radius 3 is 2.50 bits per heavy atom. The van der Waals surface area contributed by atoms with Crippen LogP contribution < -0.4 is 5.32 Å². The summed E-state index contributed by atoms with van der Waals surface area (Å²) in [5.74, 6) is -1.79. The van der Waals surface area contributed by atoms with Crippen molar-refractivity contribution < 1.29 is 38.7 Å². The van der Waals surface area contributed by atoms with Crippen LogP contribution in [0.25, 0.3) is 6.08 Å². The molecule has 3 aliphatic rings. The minimum absolute atomic E-state index is 0.114. The van der Waals surface area contributed by atoms with E-state index in [2.05, 4.69) is 17.4 Å². The highest BCUT2D eigenvalue weighted by Gasteiger charge is 2.55. The molecule has 1 amide bonds. The number of benzene rings is 2. The van der Waals surface area contributed by atoms with Gasteiger partial charge in [-0.15, -0.1) is 0 Å². The number of aliphatic hydroxyl groups excluding tert-OH is 2. The molecule has 1 fully saturated rings. The Labute approximate surface area is 220 Å². The second kappa shape index (κ2) is 11.5. The summed E-state index contributed by atoms with van der Waals surface area (Å²) in [7, 11) is 0. The maximum Gasteiger partial charge on any atom is 0.339 e. The molecule has 0 saturated carbocycles. The van der Waals surface area contributed by atoms with E-state index in [1.807, 2.05) is 12.1 Å². The van der Waals surface area contributed by atoms with Gasteiger partial charge in [0.25, 0.3) is 0 Å². The predicted molar refractivity (Wildman–Crippen MR) is 137 cm³/mol. The molecule has 3 N–H and O–H groups in total. The van der Waals surface area contributed by atoms with E-state index in [-0.39, 0.29) is 38.7 Å². The molecule has 9 heteroatoms. The fourth-order valence-electron chi connectivity index (χ4n) is 5.22. The number of rotatable bonds is 9. The van der Waals surface area contributed by atoms with Crippen LogP contribution in [0.15, 0.2) is 66.4 Å². The lowest BCUT2D eigenvalue weighted by Crippen LogP contribution is -2.44. The van der Waals surface area contributed by atoms with E-state index in [1.54, 1.807) is 36.4 Å². The Kier molecular flexibility index (Phi) is 7.90. The first-order chi connectivity index (χ1) is 18.5. The Balaban J connectivity index is 1.38. The standard InChI is InChI=1S/C29H31NO8/c31-11-10-30-27(33)22-15-24(36-28(34)23-8-4-3-5-19(23)9-13-35-14-12-32)26-25(16-22)37-29(38-26)17-20-6-1-2-7-21(20)18-29/h1-9,13,16,24-26,31-32H,10-12,14-15,17-18H2,(H,30,33). The first-order valence-corrected chi connectivity index (χ1v) is 12.7. The van der Waals surface area contributed by atoms with Crippen LogP contribution in [0.5, 0.6) is 0 Å². The van der Waals surface area contributed by atoms with Crippen LogP contribution in [0, 0.1) is 0 Å². The normalized spacial score (nSPS) is 23.1. The second-order valence-electron chi connectivity index (χ2n) is 9.50. The lowest BCUT2D eigenvalue weighted by atomic mass is 9.91. The summed E-state index contributed by atoms with van der Waals surface area (Å²) < 4.78 is 24.1. The van der Waals surface area contributed by atoms with Crippen molar-refractivity contribution in [1.29, 1.82) is 0 Å². The first-order valence-electron chi connectivity index (χ1n) is 12.7. The molecule has 38 heavy (non-hydrogen) atoms. The summed E-state index contributed by atoms with van der Waals surface area (Å²) >= 11 is 0. The number of carbonyl (C=O) groups is 2. The van der Waals surface area contributed by atoms with Crippen LogP contribution in [-0.2, 0) is 36.6 Å². The molecule has 2 aromatic rings. The van der Waals surface area contributed by atoms with Crippen LogP contribution >= 0.6 is 0 Å². The highest BCUT2D eigenvalue weighted by Crippen LogP contribution is 2.45. The average Bonchev–Trinajstić information content (AvgIpc) is 3.48. The molecule has 1 saturated heterocycles. The third-order valence-electron chi connectivity index (χ3n) is 6.90. The molecule has 0 radical (unpaired) electrons.